The SMILES string of the molecule is CCCCC=C(CCCC)[PH]([Ti][Cl])(c1ccccc1)c1ccccc1. The molecule has 0 amide bonds. The van der Waals surface area contributed by atoms with E-state index in [9.17, 15) is 0 Å². The zero-order valence-corrected chi connectivity index (χ0v) is 18.8. The third-order valence-electron chi connectivity index (χ3n) is 4.79. The molecule has 0 aliphatic heterocycles. The molecular weight excluding hydrogens is 379 g/mol. The van der Waals surface area contributed by atoms with Crippen molar-refractivity contribution in [3.05, 3.63) is 72.1 Å². The van der Waals surface area contributed by atoms with Gasteiger partial charge in [0.2, 0.25) is 0 Å². The molecule has 0 N–H and O–H groups in total. The maximum atomic E-state index is 6.93. The van der Waals surface area contributed by atoms with Crippen LogP contribution in [0.3, 0.4) is 0 Å². The molecular formula is C22H30ClPTi. The minimum absolute atomic E-state index is 0.597. The molecule has 0 atom stereocenters. The number of rotatable bonds is 10. The third kappa shape index (κ3) is 5.30. The Morgan fingerprint density at radius 1 is 0.880 bits per heavy atom. The summed E-state index contributed by atoms with van der Waals surface area (Å²) < 4.78 is 0. The summed E-state index contributed by atoms with van der Waals surface area (Å²) in [5, 5.41) is 2.68. The number of benzene rings is 2. The van der Waals surface area contributed by atoms with E-state index in [-0.39, 0.29) is 0 Å². The predicted molar refractivity (Wildman–Crippen MR) is 113 cm³/mol. The van der Waals surface area contributed by atoms with Crippen molar-refractivity contribution in [2.45, 2.75) is 52.4 Å². The third-order valence-corrected chi connectivity index (χ3v) is 17.9. The first-order valence-corrected chi connectivity index (χ1v) is 16.0. The number of hydrogen-bond donors (Lipinski definition) is 0. The summed E-state index contributed by atoms with van der Waals surface area (Å²) in [4.78, 5) is 0. The molecule has 0 fully saturated rings. The Balaban J connectivity index is 2.60. The molecule has 3 heteroatoms. The van der Waals surface area contributed by atoms with Crippen LogP contribution in [0.15, 0.2) is 72.1 Å². The van der Waals surface area contributed by atoms with E-state index in [0.29, 0.717) is 0 Å². The van der Waals surface area contributed by atoms with Crippen molar-refractivity contribution in [2.75, 3.05) is 0 Å². The summed E-state index contributed by atoms with van der Waals surface area (Å²) in [5.74, 6) is 0. The molecule has 134 valence electrons. The average Bonchev–Trinajstić information content (AvgIpc) is 2.68. The molecule has 0 bridgehead atoms. The van der Waals surface area contributed by atoms with Gasteiger partial charge < -0.3 is 0 Å². The monoisotopic (exact) mass is 408 g/mol. The molecule has 2 aromatic rings. The molecule has 0 aliphatic rings. The van der Waals surface area contributed by atoms with Crippen LogP contribution in [-0.4, -0.2) is 0 Å². The van der Waals surface area contributed by atoms with Gasteiger partial charge in [-0.15, -0.1) is 0 Å². The van der Waals surface area contributed by atoms with Crippen LogP contribution in [0.25, 0.3) is 0 Å². The predicted octanol–water partition coefficient (Wildman–Crippen LogP) is 6.80. The van der Waals surface area contributed by atoms with Crippen molar-refractivity contribution >= 4 is 25.2 Å². The maximum absolute atomic E-state index is 6.93. The van der Waals surface area contributed by atoms with Crippen molar-refractivity contribution in [1.29, 1.82) is 0 Å². The van der Waals surface area contributed by atoms with E-state index < -0.39 is 22.8 Å². The normalized spacial score (nSPS) is 12.8. The van der Waals surface area contributed by atoms with Crippen LogP contribution >= 0.6 is 14.6 Å². The second kappa shape index (κ2) is 11.4. The quantitative estimate of drug-likeness (QED) is 0.230. The van der Waals surface area contributed by atoms with Crippen LogP contribution in [0.5, 0.6) is 0 Å². The van der Waals surface area contributed by atoms with E-state index in [1.807, 2.05) is 0 Å². The van der Waals surface area contributed by atoms with Crippen LogP contribution in [0, 0.1) is 0 Å². The summed E-state index contributed by atoms with van der Waals surface area (Å²) in [6, 6.07) is 22.3. The van der Waals surface area contributed by atoms with E-state index in [4.69, 9.17) is 9.30 Å². The Morgan fingerprint density at radius 2 is 1.40 bits per heavy atom. The average molecular weight is 409 g/mol. The topological polar surface area (TPSA) is 0 Å². The van der Waals surface area contributed by atoms with Crippen molar-refractivity contribution in [3.8, 4) is 0 Å². The van der Waals surface area contributed by atoms with E-state index in [0.717, 1.165) is 0 Å². The molecule has 0 heterocycles. The molecule has 0 saturated carbocycles. The number of allylic oxidation sites excluding steroid dienone is 2. The Morgan fingerprint density at radius 3 is 1.84 bits per heavy atom. The Bertz CT molecular complexity index is 600. The Kier molecular flexibility index (Phi) is 9.50. The standard InChI is InChI=1S/C22H29P.ClH.Ti/c1-3-5-9-15-20(14-6-4-2)23(21-16-10-7-11-17-21)22-18-12-8-13-19-22;;/h7-8,10-13,15-19H,3-6,9,14H2,1-2H3;1H;. The first kappa shape index (κ1) is 20.9. The van der Waals surface area contributed by atoms with Crippen molar-refractivity contribution in [3.63, 3.8) is 0 Å². The second-order valence-electron chi connectivity index (χ2n) is 6.55. The molecule has 0 spiro atoms. The van der Waals surface area contributed by atoms with Gasteiger partial charge in [-0.05, 0) is 0 Å². The summed E-state index contributed by atoms with van der Waals surface area (Å²) in [6.45, 7) is 4.56. The minimum atomic E-state index is -1.99. The number of unbranched alkanes of at least 4 members (excludes halogenated alkanes) is 3. The Hall–Kier alpha value is -0.386. The van der Waals surface area contributed by atoms with Gasteiger partial charge in [-0.1, -0.05) is 0 Å². The fourth-order valence-electron chi connectivity index (χ4n) is 3.37. The van der Waals surface area contributed by atoms with Gasteiger partial charge in [0, 0.05) is 0 Å². The fourth-order valence-corrected chi connectivity index (χ4v) is 15.6. The van der Waals surface area contributed by atoms with Gasteiger partial charge in [-0.3, -0.25) is 0 Å². The van der Waals surface area contributed by atoms with Crippen molar-refractivity contribution in [1.82, 2.24) is 0 Å². The van der Waals surface area contributed by atoms with Crippen LogP contribution in [0.2, 0.25) is 0 Å². The van der Waals surface area contributed by atoms with Crippen LogP contribution in [-0.2, 0) is 17.6 Å². The van der Waals surface area contributed by atoms with Crippen LogP contribution < -0.4 is 10.6 Å². The van der Waals surface area contributed by atoms with Gasteiger partial charge in [0.15, 0.2) is 0 Å². The zero-order chi connectivity index (χ0) is 18.0. The molecule has 2 aromatic carbocycles. The van der Waals surface area contributed by atoms with Gasteiger partial charge in [0.25, 0.3) is 0 Å². The van der Waals surface area contributed by atoms with E-state index in [2.05, 4.69) is 80.6 Å². The van der Waals surface area contributed by atoms with Gasteiger partial charge >= 0.3 is 167 Å². The van der Waals surface area contributed by atoms with E-state index >= 15 is 0 Å². The fraction of sp³-hybridized carbons (Fsp3) is 0.364. The molecule has 0 nitrogen and oxygen atoms in total. The molecule has 25 heavy (non-hydrogen) atoms. The molecule has 0 aliphatic carbocycles. The van der Waals surface area contributed by atoms with Crippen molar-refractivity contribution < 1.29 is 17.6 Å². The summed E-state index contributed by atoms with van der Waals surface area (Å²) in [5.41, 5.74) is 0. The summed E-state index contributed by atoms with van der Waals surface area (Å²) >= 11 is -0.597. The first-order valence-electron chi connectivity index (χ1n) is 9.48. The molecule has 0 saturated heterocycles. The molecule has 0 radical (unpaired) electrons. The first-order chi connectivity index (χ1) is 12.3. The summed E-state index contributed by atoms with van der Waals surface area (Å²) in [6.07, 6.45) is 9.97. The van der Waals surface area contributed by atoms with E-state index in [1.165, 1.54) is 49.1 Å². The Labute approximate surface area is 166 Å². The number of halogens is 1. The van der Waals surface area contributed by atoms with Gasteiger partial charge in [0.05, 0.1) is 0 Å². The van der Waals surface area contributed by atoms with Gasteiger partial charge in [-0.25, -0.2) is 0 Å². The van der Waals surface area contributed by atoms with E-state index in [1.54, 1.807) is 5.31 Å². The van der Waals surface area contributed by atoms with Crippen LogP contribution in [0.1, 0.15) is 52.4 Å². The molecule has 0 aromatic heterocycles. The molecule has 0 unspecified atom stereocenters. The van der Waals surface area contributed by atoms with Crippen molar-refractivity contribution in [2.24, 2.45) is 0 Å². The molecule has 2 rings (SSSR count). The zero-order valence-electron chi connectivity index (χ0n) is 15.5. The number of hydrogen-bond acceptors (Lipinski definition) is 0. The summed E-state index contributed by atoms with van der Waals surface area (Å²) in [7, 11) is 6.93. The van der Waals surface area contributed by atoms with Gasteiger partial charge in [-0.2, -0.15) is 0 Å². The second-order valence-corrected chi connectivity index (χ2v) is 16.8. The van der Waals surface area contributed by atoms with Gasteiger partial charge in [0.1, 0.15) is 0 Å². The van der Waals surface area contributed by atoms with Crippen LogP contribution in [0.4, 0.5) is 0 Å².